The van der Waals surface area contributed by atoms with E-state index in [2.05, 4.69) is 4.28 Å². The number of benzene rings is 3. The number of fused-ring (bicyclic) bond motifs is 1. The molecule has 36 heavy (non-hydrogen) atoms. The van der Waals surface area contributed by atoms with Gasteiger partial charge in [-0.2, -0.15) is 21.6 Å². The van der Waals surface area contributed by atoms with E-state index in [9.17, 15) is 31.2 Å². The fourth-order valence-electron chi connectivity index (χ4n) is 4.17. The Balaban J connectivity index is 1.69. The fourth-order valence-corrected chi connectivity index (χ4v) is 4.59. The number of hydrogen-bond donors (Lipinski definition) is 0. The van der Waals surface area contributed by atoms with Crippen LogP contribution in [-0.4, -0.2) is 41.5 Å². The average molecular weight is 518 g/mol. The molecule has 0 fully saturated rings. The second-order valence-electron chi connectivity index (χ2n) is 8.29. The first-order chi connectivity index (χ1) is 16.9. The number of para-hydroxylation sites is 1. The fraction of sp³-hybridized carbons (Fsp3) is 0.167. The van der Waals surface area contributed by atoms with Gasteiger partial charge in [0.15, 0.2) is 0 Å². The number of hydroxylamine groups is 2. The van der Waals surface area contributed by atoms with Crippen molar-refractivity contribution >= 4 is 43.6 Å². The van der Waals surface area contributed by atoms with E-state index in [1.807, 2.05) is 42.7 Å². The zero-order chi connectivity index (χ0) is 26.0. The van der Waals surface area contributed by atoms with Gasteiger partial charge in [-0.1, -0.05) is 24.3 Å². The molecule has 0 bridgehead atoms. The Morgan fingerprint density at radius 3 is 2.17 bits per heavy atom. The van der Waals surface area contributed by atoms with Gasteiger partial charge in [-0.05, 0) is 44.2 Å². The topological polar surface area (TPSA) is 94.9 Å². The zero-order valence-electron chi connectivity index (χ0n) is 18.7. The molecule has 0 saturated heterocycles. The van der Waals surface area contributed by atoms with E-state index in [1.165, 1.54) is 18.2 Å². The molecule has 0 atom stereocenters. The molecule has 186 valence electrons. The molecule has 0 N–H and O–H groups in total. The number of carbonyl (C=O) groups excluding carboxylic acids is 2. The highest BCUT2D eigenvalue weighted by atomic mass is 32.2. The summed E-state index contributed by atoms with van der Waals surface area (Å²) in [7, 11) is -6.25. The molecule has 0 saturated carbocycles. The van der Waals surface area contributed by atoms with E-state index in [0.717, 1.165) is 10.9 Å². The largest absolute Gasteiger partial charge is 0.525 e. The lowest BCUT2D eigenvalue weighted by Crippen LogP contribution is -2.44. The van der Waals surface area contributed by atoms with Crippen molar-refractivity contribution < 1.29 is 40.2 Å². The van der Waals surface area contributed by atoms with Gasteiger partial charge >= 0.3 is 15.6 Å². The Morgan fingerprint density at radius 1 is 0.861 bits per heavy atom. The van der Waals surface area contributed by atoms with Gasteiger partial charge in [-0.3, -0.25) is 9.59 Å². The summed E-state index contributed by atoms with van der Waals surface area (Å²) in [5, 5.41) is 1.06. The predicted molar refractivity (Wildman–Crippen MR) is 123 cm³/mol. The third-order valence-corrected chi connectivity index (χ3v) is 6.51. The second kappa shape index (κ2) is 8.07. The Kier molecular flexibility index (Phi) is 5.34. The van der Waals surface area contributed by atoms with Crippen molar-refractivity contribution in [2.24, 2.45) is 0 Å². The first kappa shape index (κ1) is 23.8. The van der Waals surface area contributed by atoms with Gasteiger partial charge < -0.3 is 9.30 Å². The number of halogens is 3. The highest BCUT2D eigenvalue weighted by Gasteiger charge is 2.51. The van der Waals surface area contributed by atoms with Crippen LogP contribution in [0.1, 0.15) is 34.6 Å². The molecule has 3 aromatic carbocycles. The highest BCUT2D eigenvalue weighted by Crippen LogP contribution is 2.38. The number of carbonyl (C=O) groups is 2. The van der Waals surface area contributed by atoms with Crippen molar-refractivity contribution in [3.05, 3.63) is 71.9 Å². The normalized spacial score (nSPS) is 14.3. The van der Waals surface area contributed by atoms with Crippen LogP contribution in [0.25, 0.3) is 27.4 Å². The smallest absolute Gasteiger partial charge is 0.489 e. The van der Waals surface area contributed by atoms with Crippen LogP contribution in [0.4, 0.5) is 13.2 Å². The first-order valence-corrected chi connectivity index (χ1v) is 12.0. The van der Waals surface area contributed by atoms with Crippen molar-refractivity contribution in [1.82, 2.24) is 9.63 Å². The van der Waals surface area contributed by atoms with Crippen LogP contribution in [0.2, 0.25) is 0 Å². The van der Waals surface area contributed by atoms with E-state index >= 15 is 0 Å². The Bertz CT molecular complexity index is 1650. The maximum Gasteiger partial charge on any atom is 0.525 e. The van der Waals surface area contributed by atoms with Crippen LogP contribution < -0.4 is 4.74 Å². The molecule has 12 heteroatoms. The van der Waals surface area contributed by atoms with E-state index in [0.29, 0.717) is 16.8 Å². The summed E-state index contributed by atoms with van der Waals surface area (Å²) >= 11 is 0. The molecular formula is C24H17F3N2O6S. The van der Waals surface area contributed by atoms with E-state index < -0.39 is 27.4 Å². The number of amides is 2. The molecular weight excluding hydrogens is 501 g/mol. The maximum atomic E-state index is 12.9. The van der Waals surface area contributed by atoms with Gasteiger partial charge in [-0.15, -0.1) is 9.35 Å². The Labute approximate surface area is 202 Å². The SMILES string of the molecule is CC(C)Oc1cn(-c2ccc3c4c(cccc24)C(=O)N(OS(=O)(=O)C(F)(F)F)C3=O)c2ccccc12. The summed E-state index contributed by atoms with van der Waals surface area (Å²) in [5.74, 6) is -2.04. The monoisotopic (exact) mass is 518 g/mol. The van der Waals surface area contributed by atoms with Crippen LogP contribution in [0.5, 0.6) is 5.75 Å². The lowest BCUT2D eigenvalue weighted by atomic mass is 9.94. The molecule has 1 aromatic heterocycles. The number of aromatic nitrogens is 1. The van der Waals surface area contributed by atoms with Gasteiger partial charge in [0.05, 0.1) is 34.6 Å². The van der Waals surface area contributed by atoms with Crippen LogP contribution in [0.15, 0.2) is 60.8 Å². The number of hydrogen-bond acceptors (Lipinski definition) is 6. The number of imide groups is 1. The van der Waals surface area contributed by atoms with E-state index in [1.54, 1.807) is 18.3 Å². The molecule has 0 unspecified atom stereocenters. The summed E-state index contributed by atoms with van der Waals surface area (Å²) in [6.07, 6.45) is 1.67. The van der Waals surface area contributed by atoms with Crippen LogP contribution in [-0.2, 0) is 14.4 Å². The first-order valence-electron chi connectivity index (χ1n) is 10.6. The lowest BCUT2D eigenvalue weighted by molar-refractivity contribution is -0.0761. The quantitative estimate of drug-likeness (QED) is 0.274. The molecule has 0 spiro atoms. The standard InChI is InChI=1S/C24H17F3N2O6S/c1-13(2)34-20-12-28(18-9-4-3-6-14(18)20)19-11-10-17-21-15(19)7-5-8-16(21)22(30)29(23(17)31)35-36(32,33)24(25,26)27/h3-13H,1-2H3. The molecule has 1 aliphatic rings. The maximum absolute atomic E-state index is 12.9. The van der Waals surface area contributed by atoms with Gasteiger partial charge in [0.2, 0.25) is 0 Å². The van der Waals surface area contributed by atoms with Crippen molar-refractivity contribution in [2.45, 2.75) is 25.5 Å². The van der Waals surface area contributed by atoms with Crippen LogP contribution >= 0.6 is 0 Å². The minimum absolute atomic E-state index is 0.102. The molecule has 5 rings (SSSR count). The molecule has 0 aliphatic carbocycles. The molecule has 1 aliphatic heterocycles. The minimum Gasteiger partial charge on any atom is -0.489 e. The molecule has 0 radical (unpaired) electrons. The van der Waals surface area contributed by atoms with Crippen molar-refractivity contribution in [1.29, 1.82) is 0 Å². The average Bonchev–Trinajstić information content (AvgIpc) is 3.16. The highest BCUT2D eigenvalue weighted by molar-refractivity contribution is 7.87. The number of nitrogens with zero attached hydrogens (tertiary/aromatic N) is 2. The summed E-state index contributed by atoms with van der Waals surface area (Å²) in [6.45, 7) is 3.78. The summed E-state index contributed by atoms with van der Waals surface area (Å²) in [5.41, 5.74) is -4.84. The molecule has 2 heterocycles. The lowest BCUT2D eigenvalue weighted by Gasteiger charge is -2.26. The van der Waals surface area contributed by atoms with Crippen molar-refractivity contribution in [2.75, 3.05) is 0 Å². The van der Waals surface area contributed by atoms with Crippen LogP contribution in [0.3, 0.4) is 0 Å². The van der Waals surface area contributed by atoms with Gasteiger partial charge in [0.1, 0.15) is 5.75 Å². The third kappa shape index (κ3) is 3.60. The number of alkyl halides is 3. The Hall–Kier alpha value is -3.90. The zero-order valence-corrected chi connectivity index (χ0v) is 19.6. The molecule has 2 amide bonds. The van der Waals surface area contributed by atoms with E-state index in [-0.39, 0.29) is 27.7 Å². The third-order valence-electron chi connectivity index (χ3n) is 5.60. The van der Waals surface area contributed by atoms with E-state index in [4.69, 9.17) is 4.74 Å². The molecule has 8 nitrogen and oxygen atoms in total. The summed E-state index contributed by atoms with van der Waals surface area (Å²) in [6, 6.07) is 14.7. The van der Waals surface area contributed by atoms with Gasteiger partial charge in [0.25, 0.3) is 11.8 Å². The number of ether oxygens (including phenoxy) is 1. The summed E-state index contributed by atoms with van der Waals surface area (Å²) in [4.78, 5) is 25.9. The Morgan fingerprint density at radius 2 is 1.50 bits per heavy atom. The second-order valence-corrected chi connectivity index (χ2v) is 9.81. The number of rotatable bonds is 5. The van der Waals surface area contributed by atoms with Crippen molar-refractivity contribution in [3.8, 4) is 11.4 Å². The summed E-state index contributed by atoms with van der Waals surface area (Å²) < 4.78 is 73.2. The minimum atomic E-state index is -6.25. The van der Waals surface area contributed by atoms with Crippen LogP contribution in [0, 0.1) is 0 Å². The van der Waals surface area contributed by atoms with Gasteiger partial charge in [-0.25, -0.2) is 0 Å². The van der Waals surface area contributed by atoms with Gasteiger partial charge in [0, 0.05) is 16.2 Å². The van der Waals surface area contributed by atoms with Crippen molar-refractivity contribution in [3.63, 3.8) is 0 Å². The predicted octanol–water partition coefficient (Wildman–Crippen LogP) is 4.95. The molecule has 4 aromatic rings.